The van der Waals surface area contributed by atoms with E-state index in [0.29, 0.717) is 6.42 Å². The van der Waals surface area contributed by atoms with Crippen molar-refractivity contribution in [3.05, 3.63) is 0 Å². The molecule has 15 amide bonds. The maximum absolute atomic E-state index is 14.9. The zero-order valence-electron chi connectivity index (χ0n) is 86.5. The Hall–Kier alpha value is -14.4. The van der Waals surface area contributed by atoms with E-state index in [9.17, 15) is 81.8 Å². The predicted molar refractivity (Wildman–Crippen MR) is 546 cm³/mol. The van der Waals surface area contributed by atoms with Crippen LogP contribution in [0.2, 0.25) is 0 Å². The van der Waals surface area contributed by atoms with Gasteiger partial charge in [-0.15, -0.1) is 0 Å². The molecule has 0 unspecified atom stereocenters. The first kappa shape index (κ1) is 131. The van der Waals surface area contributed by atoms with E-state index in [1.54, 1.807) is 111 Å². The Bertz CT molecular complexity index is 4300. The Balaban J connectivity index is 7.61. The van der Waals surface area contributed by atoms with Gasteiger partial charge in [-0.05, 0) is 150 Å². The highest BCUT2D eigenvalue weighted by Gasteiger charge is 2.42. The topological polar surface area (TPSA) is 995 Å². The van der Waals surface area contributed by atoms with E-state index in [-0.39, 0.29) is 167 Å². The monoisotopic (exact) mass is 2060 g/mol. The number of hydrogen-bond donors (Lipinski definition) is 41. The average molecular weight is 2060 g/mol. The van der Waals surface area contributed by atoms with Crippen LogP contribution >= 0.6 is 0 Å². The molecule has 145 heavy (non-hydrogen) atoms. The van der Waals surface area contributed by atoms with Crippen molar-refractivity contribution in [1.29, 1.82) is 43.3 Å². The van der Waals surface area contributed by atoms with Crippen LogP contribution in [-0.2, 0) is 76.7 Å². The third-order valence-corrected chi connectivity index (χ3v) is 22.6. The second-order valence-electron chi connectivity index (χ2n) is 38.1. The number of nitrogens with two attached hydrogens (primary N) is 9. The quantitative estimate of drug-likeness (QED) is 0.0153. The number of nitrogens with one attached hydrogen (secondary N) is 31. The molecule has 16 atom stereocenters. The molecule has 0 heterocycles. The minimum Gasteiger partial charge on any atom is -0.480 e. The molecule has 0 aromatic heterocycles. The zero-order chi connectivity index (χ0) is 111. The van der Waals surface area contributed by atoms with E-state index >= 15 is 0 Å². The number of guanidine groups is 8. The molecule has 0 fully saturated rings. The van der Waals surface area contributed by atoms with Gasteiger partial charge in [0.2, 0.25) is 88.6 Å². The molecule has 0 aromatic carbocycles. The standard InChI is InChI=1S/C88H170N40O17/c1-41(2)57(125-76(140)61(45(9)10)121-65(129)49(89)25-17-33-106-81(90)91)72(136)116-50(26-18-34-107-82(92)93)66(130)114-54(30-22-38-111-86(100)101)70(134)123-63(47(13)14)78(142)128-60(44(7)8)75(139)119-55(31-23-39-112-87(102)103)71(135)124-64(48(15)16)79(143)126-58(42(3)4)73(137)117-51(27-19-35-108-83(94)95)67(131)115-53(29-21-37-110-85(98)99)69(133)122-62(46(11)12)77(141)127-59(43(5)6)74(138)118-52(28-20-36-109-84(96)97)68(132)120-56(80(144)145)32-24-40-113-88(104)105/h41-64H,17-40,89H2,1-16H3,(H,114,130)(H,115,131)(H,116,136)(H,117,137)(H,118,138)(H,119,139)(H,120,132)(H,121,129)(H,122,133)(H,123,134)(H,124,135)(H,125,140)(H,126,143)(H,127,141)(H,128,142)(H,144,145)(H4,90,91,106)(H4,92,93,107)(H4,94,95,108)(H4,96,97,109)(H4,98,99,110)(H4,100,101,111)(H4,102,103,112)(H4,104,105,113)/t49-,50-,51-,52-,53-,54-,55-,56-,57-,58-,59-,60-,61-,62-,63-,64-/m0/s1. The lowest BCUT2D eigenvalue weighted by molar-refractivity contribution is -0.142. The molecule has 0 aliphatic heterocycles. The highest BCUT2D eigenvalue weighted by molar-refractivity contribution is 6.01. The van der Waals surface area contributed by atoms with E-state index < -0.39 is 268 Å². The van der Waals surface area contributed by atoms with Gasteiger partial charge >= 0.3 is 5.97 Å². The van der Waals surface area contributed by atoms with Crippen LogP contribution in [0, 0.1) is 90.6 Å². The summed E-state index contributed by atoms with van der Waals surface area (Å²) in [5.74, 6) is -23.7. The van der Waals surface area contributed by atoms with Crippen LogP contribution in [0.3, 0.4) is 0 Å². The third-order valence-electron chi connectivity index (χ3n) is 22.6. The maximum atomic E-state index is 14.9. The molecule has 0 aromatic rings. The summed E-state index contributed by atoms with van der Waals surface area (Å²) < 4.78 is 0. The molecular formula is C88H170N40O17. The molecule has 0 saturated heterocycles. The number of aliphatic carboxylic acids is 1. The molecule has 57 heteroatoms. The summed E-state index contributed by atoms with van der Waals surface area (Å²) in [5, 5.41) is 132. The van der Waals surface area contributed by atoms with Crippen molar-refractivity contribution in [2.75, 3.05) is 52.4 Å². The van der Waals surface area contributed by atoms with Crippen LogP contribution < -0.4 is 174 Å². The van der Waals surface area contributed by atoms with Crippen LogP contribution in [0.5, 0.6) is 0 Å². The van der Waals surface area contributed by atoms with Crippen molar-refractivity contribution < 1.29 is 81.8 Å². The summed E-state index contributed by atoms with van der Waals surface area (Å²) in [6.07, 6.45) is -0.124. The molecule has 0 radical (unpaired) electrons. The van der Waals surface area contributed by atoms with E-state index in [1.807, 2.05) is 0 Å². The van der Waals surface area contributed by atoms with Crippen molar-refractivity contribution >= 4 is 142 Å². The van der Waals surface area contributed by atoms with E-state index in [0.717, 1.165) is 0 Å². The second kappa shape index (κ2) is 68.8. The first-order valence-electron chi connectivity index (χ1n) is 48.8. The van der Waals surface area contributed by atoms with Gasteiger partial charge in [0.15, 0.2) is 47.7 Å². The Labute approximate surface area is 847 Å². The normalized spacial score (nSPS) is 14.5. The molecule has 824 valence electrons. The van der Waals surface area contributed by atoms with Gasteiger partial charge < -0.3 is 179 Å². The van der Waals surface area contributed by atoms with Crippen LogP contribution in [0.1, 0.15) is 214 Å². The molecule has 0 aliphatic rings. The fourth-order valence-corrected chi connectivity index (χ4v) is 14.4. The van der Waals surface area contributed by atoms with Gasteiger partial charge in [-0.1, -0.05) is 111 Å². The fraction of sp³-hybridized carbons (Fsp3) is 0.727. The molecule has 0 saturated carbocycles. The molecule has 0 aliphatic carbocycles. The highest BCUT2D eigenvalue weighted by atomic mass is 16.4. The number of carbonyl (C=O) groups is 16. The molecular weight excluding hydrogens is 1890 g/mol. The van der Waals surface area contributed by atoms with Crippen LogP contribution in [0.25, 0.3) is 0 Å². The van der Waals surface area contributed by atoms with Gasteiger partial charge in [0.1, 0.15) is 90.6 Å². The minimum atomic E-state index is -1.55. The molecule has 0 bridgehead atoms. The van der Waals surface area contributed by atoms with Gasteiger partial charge in [0, 0.05) is 52.4 Å². The third kappa shape index (κ3) is 54.1. The maximum Gasteiger partial charge on any atom is 0.326 e. The van der Waals surface area contributed by atoms with E-state index in [2.05, 4.69) is 122 Å². The summed E-state index contributed by atoms with van der Waals surface area (Å²) >= 11 is 0. The number of carboxylic acid groups (broad SMARTS) is 1. The van der Waals surface area contributed by atoms with Crippen molar-refractivity contribution in [2.24, 2.45) is 98.9 Å². The van der Waals surface area contributed by atoms with Gasteiger partial charge in [-0.25, -0.2) is 4.79 Å². The van der Waals surface area contributed by atoms with Crippen LogP contribution in [0.15, 0.2) is 0 Å². The van der Waals surface area contributed by atoms with Gasteiger partial charge in [0.05, 0.1) is 6.04 Å². The van der Waals surface area contributed by atoms with Gasteiger partial charge in [-0.2, -0.15) is 0 Å². The highest BCUT2D eigenvalue weighted by Crippen LogP contribution is 2.18. The van der Waals surface area contributed by atoms with Crippen molar-refractivity contribution in [3.63, 3.8) is 0 Å². The number of amides is 15. The van der Waals surface area contributed by atoms with Crippen molar-refractivity contribution in [2.45, 2.75) is 310 Å². The first-order valence-corrected chi connectivity index (χ1v) is 48.8. The van der Waals surface area contributed by atoms with Crippen molar-refractivity contribution in [1.82, 2.24) is 122 Å². The largest absolute Gasteiger partial charge is 0.480 e. The summed E-state index contributed by atoms with van der Waals surface area (Å²) in [4.78, 5) is 230. The number of carbonyl (C=O) groups excluding carboxylic acids is 15. The Kier molecular flexibility index (Phi) is 61.9. The predicted octanol–water partition coefficient (Wildman–Crippen LogP) is -8.98. The van der Waals surface area contributed by atoms with Crippen LogP contribution in [0.4, 0.5) is 0 Å². The lowest BCUT2D eigenvalue weighted by Gasteiger charge is -2.31. The molecule has 0 spiro atoms. The fourth-order valence-electron chi connectivity index (χ4n) is 14.4. The van der Waals surface area contributed by atoms with Gasteiger partial charge in [0.25, 0.3) is 0 Å². The average Bonchev–Trinajstić information content (AvgIpc) is 0.850. The SMILES string of the molecule is CC(C)[C@H](NC(=O)[C@H](CCCNC(=N)N)NC(=O)[C@H](CCCNC(=N)N)NC(=O)[C@@H](NC(=O)[C@@H](NC(=O)[C@H](CCCNC(=N)N)NC(=O)[C@@H](NC(=O)[C@@H](NC(=O)[C@H](CCCNC(=N)N)NC(=O)[C@H](CCCNC(=N)N)NC(=O)[C@@H](NC(=O)[C@@H](NC(=O)[C@@H](N)CCCNC(=N)N)C(C)C)C(C)C)C(C)C)C(C)C)C(C)C)C(C)C)C(=O)N[C@H](C(=O)N[C@@H](CCCNC(=N)N)C(=O)N[C@@H](CCCNC(=N)N)C(=O)O)C(C)C. The number of carboxylic acids is 1. The summed E-state index contributed by atoms with van der Waals surface area (Å²) in [7, 11) is 0. The van der Waals surface area contributed by atoms with Crippen molar-refractivity contribution in [3.8, 4) is 0 Å². The lowest BCUT2D eigenvalue weighted by Crippen LogP contribution is -2.63. The second-order valence-corrected chi connectivity index (χ2v) is 38.1. The number of hydrogen-bond acceptors (Lipinski definition) is 25. The van der Waals surface area contributed by atoms with E-state index in [1.165, 1.54) is 0 Å². The Morgan fingerprint density at radius 3 is 0.455 bits per heavy atom. The minimum absolute atomic E-state index is 0.00896. The lowest BCUT2D eigenvalue weighted by atomic mass is 9.97. The Morgan fingerprint density at radius 1 is 0.186 bits per heavy atom. The number of rotatable bonds is 71. The summed E-state index contributed by atoms with van der Waals surface area (Å²) in [5.41, 5.74) is 50.2. The molecule has 57 nitrogen and oxygen atoms in total. The van der Waals surface area contributed by atoms with Gasteiger partial charge in [-0.3, -0.25) is 115 Å². The Morgan fingerprint density at radius 2 is 0.303 bits per heavy atom. The smallest absolute Gasteiger partial charge is 0.326 e. The molecule has 50 N–H and O–H groups in total. The summed E-state index contributed by atoms with van der Waals surface area (Å²) in [6, 6.07) is -22.9. The molecule has 0 rings (SSSR count). The zero-order valence-corrected chi connectivity index (χ0v) is 86.5. The van der Waals surface area contributed by atoms with Crippen LogP contribution in [-0.4, -0.2) is 296 Å². The first-order chi connectivity index (χ1) is 67.6. The summed E-state index contributed by atoms with van der Waals surface area (Å²) in [6.45, 7) is 25.8. The van der Waals surface area contributed by atoms with E-state index in [4.69, 9.17) is 94.9 Å².